The van der Waals surface area contributed by atoms with Crippen molar-refractivity contribution in [2.75, 3.05) is 0 Å². The van der Waals surface area contributed by atoms with E-state index in [-0.39, 0.29) is 12.0 Å². The summed E-state index contributed by atoms with van der Waals surface area (Å²) in [5.41, 5.74) is 5.95. The molecule has 0 amide bonds. The first-order valence-electron chi connectivity index (χ1n) is 10.4. The lowest BCUT2D eigenvalue weighted by molar-refractivity contribution is -0.111. The Kier molecular flexibility index (Phi) is 17.7. The van der Waals surface area contributed by atoms with Gasteiger partial charge in [-0.2, -0.15) is 0 Å². The Bertz CT molecular complexity index is 242. The van der Waals surface area contributed by atoms with E-state index in [1.807, 2.05) is 6.92 Å². The van der Waals surface area contributed by atoms with Gasteiger partial charge < -0.3 is 10.5 Å². The van der Waals surface area contributed by atoms with Gasteiger partial charge in [0.1, 0.15) is 6.29 Å². The maximum atomic E-state index is 10.6. The van der Waals surface area contributed by atoms with Gasteiger partial charge in [0, 0.05) is 12.0 Å². The average Bonchev–Trinajstić information content (AvgIpc) is 2.57. The molecule has 0 spiro atoms. The van der Waals surface area contributed by atoms with Crippen molar-refractivity contribution in [3.05, 3.63) is 0 Å². The van der Waals surface area contributed by atoms with Crippen LogP contribution in [-0.4, -0.2) is 12.3 Å². The fourth-order valence-electron chi connectivity index (χ4n) is 3.12. The van der Waals surface area contributed by atoms with Crippen LogP contribution in [0.5, 0.6) is 0 Å². The topological polar surface area (TPSA) is 43.1 Å². The van der Waals surface area contributed by atoms with Crippen LogP contribution in [0.4, 0.5) is 0 Å². The van der Waals surface area contributed by atoms with E-state index >= 15 is 0 Å². The monoisotopic (exact) mass is 325 g/mol. The van der Waals surface area contributed by atoms with Crippen LogP contribution in [0.25, 0.3) is 0 Å². The second-order valence-corrected chi connectivity index (χ2v) is 7.40. The van der Waals surface area contributed by atoms with Crippen LogP contribution in [0.2, 0.25) is 0 Å². The van der Waals surface area contributed by atoms with E-state index in [4.69, 9.17) is 5.73 Å². The number of hydrogen-bond donors (Lipinski definition) is 1. The van der Waals surface area contributed by atoms with E-state index in [0.717, 1.165) is 12.7 Å². The van der Waals surface area contributed by atoms with Crippen LogP contribution in [0.3, 0.4) is 0 Å². The third-order valence-corrected chi connectivity index (χ3v) is 5.03. The summed E-state index contributed by atoms with van der Waals surface area (Å²) in [6.07, 6.45) is 22.8. The Morgan fingerprint density at radius 2 is 1.04 bits per heavy atom. The van der Waals surface area contributed by atoms with E-state index in [0.29, 0.717) is 0 Å². The van der Waals surface area contributed by atoms with Gasteiger partial charge in [-0.05, 0) is 6.42 Å². The van der Waals surface area contributed by atoms with Crippen molar-refractivity contribution in [1.82, 2.24) is 0 Å². The molecule has 0 heterocycles. The van der Waals surface area contributed by atoms with Gasteiger partial charge >= 0.3 is 0 Å². The standard InChI is InChI=1S/C21H43NO/c1-3-4-5-6-7-8-9-10-11-12-13-14-15-16-17-18-21(22)20(2)19-23/h19-21H,3-18,22H2,1-2H3. The molecule has 2 nitrogen and oxygen atoms in total. The van der Waals surface area contributed by atoms with Crippen molar-refractivity contribution in [3.8, 4) is 0 Å². The zero-order valence-corrected chi connectivity index (χ0v) is 16.0. The molecule has 2 unspecified atom stereocenters. The Balaban J connectivity index is 3.09. The highest BCUT2D eigenvalue weighted by Crippen LogP contribution is 2.14. The van der Waals surface area contributed by atoms with Crippen LogP contribution >= 0.6 is 0 Å². The third-order valence-electron chi connectivity index (χ3n) is 5.03. The average molecular weight is 326 g/mol. The molecule has 0 saturated carbocycles. The second-order valence-electron chi connectivity index (χ2n) is 7.40. The Labute approximate surface area is 146 Å². The summed E-state index contributed by atoms with van der Waals surface area (Å²) in [6, 6.07) is 0.0643. The number of carbonyl (C=O) groups excluding carboxylic acids is 1. The van der Waals surface area contributed by atoms with Gasteiger partial charge in [-0.1, -0.05) is 110 Å². The number of unbranched alkanes of at least 4 members (excludes halogenated alkanes) is 14. The molecule has 0 radical (unpaired) electrons. The molecule has 0 aliphatic heterocycles. The molecular formula is C21H43NO. The summed E-state index contributed by atoms with van der Waals surface area (Å²) in [4.78, 5) is 10.6. The van der Waals surface area contributed by atoms with Gasteiger partial charge in [-0.3, -0.25) is 0 Å². The highest BCUT2D eigenvalue weighted by molar-refractivity contribution is 5.53. The third kappa shape index (κ3) is 16.3. The highest BCUT2D eigenvalue weighted by Gasteiger charge is 2.10. The lowest BCUT2D eigenvalue weighted by Gasteiger charge is -2.13. The van der Waals surface area contributed by atoms with Crippen molar-refractivity contribution in [1.29, 1.82) is 0 Å². The number of carbonyl (C=O) groups is 1. The first-order chi connectivity index (χ1) is 11.2. The fraction of sp³-hybridized carbons (Fsp3) is 0.952. The van der Waals surface area contributed by atoms with Gasteiger partial charge in [-0.25, -0.2) is 0 Å². The zero-order chi connectivity index (χ0) is 17.2. The summed E-state index contributed by atoms with van der Waals surface area (Å²) in [6.45, 7) is 4.20. The maximum absolute atomic E-state index is 10.6. The molecule has 0 fully saturated rings. The first-order valence-corrected chi connectivity index (χ1v) is 10.4. The van der Waals surface area contributed by atoms with E-state index in [2.05, 4.69) is 6.92 Å². The molecule has 0 aliphatic rings. The van der Waals surface area contributed by atoms with Crippen molar-refractivity contribution < 1.29 is 4.79 Å². The number of hydrogen-bond acceptors (Lipinski definition) is 2. The molecule has 0 saturated heterocycles. The summed E-state index contributed by atoms with van der Waals surface area (Å²) in [5.74, 6) is 0.0154. The lowest BCUT2D eigenvalue weighted by atomic mass is 9.97. The van der Waals surface area contributed by atoms with Gasteiger partial charge in [-0.15, -0.1) is 0 Å². The minimum atomic E-state index is 0.0154. The van der Waals surface area contributed by atoms with Crippen molar-refractivity contribution in [2.45, 2.75) is 123 Å². The molecule has 2 heteroatoms. The Morgan fingerprint density at radius 1 is 0.696 bits per heavy atom. The van der Waals surface area contributed by atoms with Crippen LogP contribution in [0.15, 0.2) is 0 Å². The largest absolute Gasteiger partial charge is 0.327 e. The van der Waals surface area contributed by atoms with Gasteiger partial charge in [0.2, 0.25) is 0 Å². The molecule has 0 aliphatic carbocycles. The van der Waals surface area contributed by atoms with Crippen molar-refractivity contribution >= 4 is 6.29 Å². The van der Waals surface area contributed by atoms with Crippen molar-refractivity contribution in [3.63, 3.8) is 0 Å². The van der Waals surface area contributed by atoms with Crippen LogP contribution < -0.4 is 5.73 Å². The summed E-state index contributed by atoms with van der Waals surface area (Å²) in [7, 11) is 0. The highest BCUT2D eigenvalue weighted by atomic mass is 16.1. The first kappa shape index (κ1) is 22.6. The number of aldehydes is 1. The summed E-state index contributed by atoms with van der Waals surface area (Å²) in [5, 5.41) is 0. The smallest absolute Gasteiger partial charge is 0.124 e. The van der Waals surface area contributed by atoms with Gasteiger partial charge in [0.05, 0.1) is 0 Å². The van der Waals surface area contributed by atoms with E-state index in [1.165, 1.54) is 96.3 Å². The lowest BCUT2D eigenvalue weighted by Crippen LogP contribution is -2.28. The van der Waals surface area contributed by atoms with Gasteiger partial charge in [0.15, 0.2) is 0 Å². The fourth-order valence-corrected chi connectivity index (χ4v) is 3.12. The van der Waals surface area contributed by atoms with E-state index in [1.54, 1.807) is 0 Å². The van der Waals surface area contributed by atoms with E-state index in [9.17, 15) is 4.79 Å². The van der Waals surface area contributed by atoms with Crippen molar-refractivity contribution in [2.24, 2.45) is 11.7 Å². The Morgan fingerprint density at radius 3 is 1.39 bits per heavy atom. The zero-order valence-electron chi connectivity index (χ0n) is 16.0. The molecule has 0 aromatic rings. The minimum absolute atomic E-state index is 0.0154. The Hall–Kier alpha value is -0.370. The molecule has 0 aromatic heterocycles. The molecule has 2 atom stereocenters. The molecule has 2 N–H and O–H groups in total. The molecule has 0 rings (SSSR count). The van der Waals surface area contributed by atoms with Crippen LogP contribution in [0.1, 0.15) is 117 Å². The minimum Gasteiger partial charge on any atom is -0.327 e. The van der Waals surface area contributed by atoms with Gasteiger partial charge in [0.25, 0.3) is 0 Å². The summed E-state index contributed by atoms with van der Waals surface area (Å²) < 4.78 is 0. The molecule has 138 valence electrons. The van der Waals surface area contributed by atoms with E-state index < -0.39 is 0 Å². The van der Waals surface area contributed by atoms with Crippen LogP contribution in [0, 0.1) is 5.92 Å². The second kappa shape index (κ2) is 18.0. The maximum Gasteiger partial charge on any atom is 0.124 e. The quantitative estimate of drug-likeness (QED) is 0.234. The molecule has 0 aromatic carbocycles. The number of rotatable bonds is 18. The SMILES string of the molecule is CCCCCCCCCCCCCCCCCC(N)C(C)C=O. The predicted molar refractivity (Wildman–Crippen MR) is 103 cm³/mol. The van der Waals surface area contributed by atoms with Crippen LogP contribution in [-0.2, 0) is 4.79 Å². The normalized spacial score (nSPS) is 13.9. The predicted octanol–water partition coefficient (Wildman–Crippen LogP) is 6.41. The number of nitrogens with two attached hydrogens (primary N) is 1. The molecule has 0 bridgehead atoms. The summed E-state index contributed by atoms with van der Waals surface area (Å²) >= 11 is 0. The molecular weight excluding hydrogens is 282 g/mol. The molecule has 23 heavy (non-hydrogen) atoms.